The Hall–Kier alpha value is 0.759. The first-order valence-corrected chi connectivity index (χ1v) is 3.07. The Morgan fingerprint density at radius 3 is 1.20 bits per heavy atom. The Labute approximate surface area is 47.0 Å². The first-order valence-electron chi connectivity index (χ1n) is 1.60. The molecule has 5 heavy (non-hydrogen) atoms. The predicted octanol–water partition coefficient (Wildman–Crippen LogP) is -0.492. The van der Waals surface area contributed by atoms with Gasteiger partial charge in [0.1, 0.15) is 0 Å². The van der Waals surface area contributed by atoms with Crippen molar-refractivity contribution in [2.45, 2.75) is 0 Å². The normalized spacial score (nSPS) is 12.0. The minimum atomic E-state index is 1.13. The average molecular weight is 179 g/mol. The molecule has 0 N–H and O–H groups in total. The zero-order valence-electron chi connectivity index (χ0n) is 4.02. The van der Waals surface area contributed by atoms with Crippen molar-refractivity contribution >= 4 is 22.8 Å². The monoisotopic (exact) mass is 180 g/mol. The number of hydrogen-bond acceptors (Lipinski definition) is 0. The van der Waals surface area contributed by atoms with E-state index in [1.807, 2.05) is 0 Å². The van der Waals surface area contributed by atoms with Gasteiger partial charge in [0, 0.05) is 0 Å². The molecule has 0 aliphatic carbocycles. The van der Waals surface area contributed by atoms with Crippen LogP contribution in [0.5, 0.6) is 0 Å². The molecular weight excluding hydrogens is 169 g/mol. The van der Waals surface area contributed by atoms with Gasteiger partial charge in [-0.25, -0.2) is 0 Å². The van der Waals surface area contributed by atoms with Crippen molar-refractivity contribution in [3.8, 4) is 0 Å². The first kappa shape index (κ1) is 5.76. The van der Waals surface area contributed by atoms with Crippen molar-refractivity contribution in [1.29, 1.82) is 0 Å². The SMILES string of the molecule is C[N+](C)(C)[SnH]. The second-order valence-electron chi connectivity index (χ2n) is 2.12. The zero-order valence-corrected chi connectivity index (χ0v) is 7.32. The fourth-order valence-electron chi connectivity index (χ4n) is 0. The predicted molar refractivity (Wildman–Crippen MR) is 25.2 cm³/mol. The standard InChI is InChI=1S/C3H9N.Sn.H/c1-4(2)3;;/h1-3H3;;/q;+1;. The van der Waals surface area contributed by atoms with Crippen molar-refractivity contribution in [2.24, 2.45) is 0 Å². The van der Waals surface area contributed by atoms with Crippen LogP contribution in [0.25, 0.3) is 0 Å². The molecule has 1 nitrogen and oxygen atoms in total. The van der Waals surface area contributed by atoms with Gasteiger partial charge in [-0.15, -0.1) is 0 Å². The van der Waals surface area contributed by atoms with Crippen LogP contribution < -0.4 is 0 Å². The van der Waals surface area contributed by atoms with Crippen LogP contribution >= 0.6 is 0 Å². The molecule has 0 fully saturated rings. The summed E-state index contributed by atoms with van der Waals surface area (Å²) in [6, 6.07) is 0. The molecule has 0 saturated heterocycles. The van der Waals surface area contributed by atoms with E-state index in [2.05, 4.69) is 21.1 Å². The molecule has 0 amide bonds. The summed E-state index contributed by atoms with van der Waals surface area (Å²) in [6.07, 6.45) is 0. The zero-order chi connectivity index (χ0) is 4.50. The molecule has 30 valence electrons. The molecule has 0 aromatic rings. The third-order valence-electron chi connectivity index (χ3n) is 0. The van der Waals surface area contributed by atoms with Gasteiger partial charge in [-0.05, 0) is 0 Å². The first-order chi connectivity index (χ1) is 2.00. The van der Waals surface area contributed by atoms with Gasteiger partial charge in [-0.1, -0.05) is 0 Å². The molecule has 0 aliphatic rings. The van der Waals surface area contributed by atoms with Crippen LogP contribution in [0.3, 0.4) is 0 Å². The Morgan fingerprint density at radius 2 is 1.20 bits per heavy atom. The van der Waals surface area contributed by atoms with E-state index < -0.39 is 0 Å². The van der Waals surface area contributed by atoms with Gasteiger partial charge in [0.2, 0.25) is 0 Å². The Morgan fingerprint density at radius 1 is 1.20 bits per heavy atom. The van der Waals surface area contributed by atoms with Crippen molar-refractivity contribution in [3.05, 3.63) is 0 Å². The Kier molecular flexibility index (Phi) is 1.70. The fraction of sp³-hybridized carbons (Fsp3) is 1.00. The molecule has 2 radical (unpaired) electrons. The second-order valence-corrected chi connectivity index (χ2v) is 6.54. The van der Waals surface area contributed by atoms with Crippen LogP contribution in [0.1, 0.15) is 0 Å². The number of nitrogens with zero attached hydrogens (tertiary/aromatic N) is 1. The molecule has 0 aromatic heterocycles. The van der Waals surface area contributed by atoms with Gasteiger partial charge in [-0.2, -0.15) is 0 Å². The van der Waals surface area contributed by atoms with E-state index in [1.165, 1.54) is 22.8 Å². The van der Waals surface area contributed by atoms with Gasteiger partial charge in [0.05, 0.1) is 0 Å². The van der Waals surface area contributed by atoms with Gasteiger partial charge in [-0.3, -0.25) is 0 Å². The quantitative estimate of drug-likeness (QED) is 0.440. The van der Waals surface area contributed by atoms with Gasteiger partial charge in [0.25, 0.3) is 0 Å². The summed E-state index contributed by atoms with van der Waals surface area (Å²) in [5.41, 5.74) is 0. The summed E-state index contributed by atoms with van der Waals surface area (Å²) in [4.78, 5) is 0. The summed E-state index contributed by atoms with van der Waals surface area (Å²) in [5.74, 6) is 0. The summed E-state index contributed by atoms with van der Waals surface area (Å²) < 4.78 is 1.13. The molecule has 0 aliphatic heterocycles. The molecule has 0 heterocycles. The third kappa shape index (κ3) is 62.9. The Bertz CT molecular complexity index is 22.4. The summed E-state index contributed by atoms with van der Waals surface area (Å²) >= 11 is 1.30. The second kappa shape index (κ2) is 1.47. The molecular formula is C3H10NSn+. The van der Waals surface area contributed by atoms with E-state index in [1.54, 1.807) is 0 Å². The van der Waals surface area contributed by atoms with Crippen LogP contribution in [0.4, 0.5) is 0 Å². The van der Waals surface area contributed by atoms with Crippen molar-refractivity contribution in [3.63, 3.8) is 0 Å². The number of hydrogen-bond donors (Lipinski definition) is 0. The molecule has 0 bridgehead atoms. The molecule has 0 unspecified atom stereocenters. The van der Waals surface area contributed by atoms with E-state index >= 15 is 0 Å². The van der Waals surface area contributed by atoms with Gasteiger partial charge < -0.3 is 0 Å². The minimum absolute atomic E-state index is 1.13. The summed E-state index contributed by atoms with van der Waals surface area (Å²) in [7, 11) is 6.55. The Balaban J connectivity index is 3.02. The fourth-order valence-corrected chi connectivity index (χ4v) is 0. The van der Waals surface area contributed by atoms with Crippen molar-refractivity contribution in [1.82, 2.24) is 0 Å². The van der Waals surface area contributed by atoms with Crippen LogP contribution in [-0.2, 0) is 0 Å². The maximum atomic E-state index is 2.18. The van der Waals surface area contributed by atoms with Gasteiger partial charge in [0.15, 0.2) is 0 Å². The number of rotatable bonds is 0. The van der Waals surface area contributed by atoms with Crippen LogP contribution in [0, 0.1) is 0 Å². The van der Waals surface area contributed by atoms with E-state index in [0.29, 0.717) is 0 Å². The van der Waals surface area contributed by atoms with Crippen LogP contribution in [0.15, 0.2) is 0 Å². The number of quaternary nitrogens is 1. The topological polar surface area (TPSA) is 0 Å². The van der Waals surface area contributed by atoms with E-state index in [4.69, 9.17) is 0 Å². The summed E-state index contributed by atoms with van der Waals surface area (Å²) in [5, 5.41) is 0. The van der Waals surface area contributed by atoms with Crippen molar-refractivity contribution < 1.29 is 2.70 Å². The molecule has 0 spiro atoms. The van der Waals surface area contributed by atoms with Crippen molar-refractivity contribution in [2.75, 3.05) is 21.1 Å². The maximum absolute atomic E-state index is 2.18. The molecule has 0 saturated carbocycles. The average Bonchev–Trinajstić information content (AvgIpc) is 0.722. The molecule has 0 atom stereocenters. The molecule has 0 rings (SSSR count). The third-order valence-corrected chi connectivity index (χ3v) is 0. The van der Waals surface area contributed by atoms with Crippen LogP contribution in [0.2, 0.25) is 0 Å². The van der Waals surface area contributed by atoms with E-state index in [0.717, 1.165) is 2.70 Å². The van der Waals surface area contributed by atoms with Gasteiger partial charge >= 0.3 is 46.6 Å². The summed E-state index contributed by atoms with van der Waals surface area (Å²) in [6.45, 7) is 0. The molecule has 0 aromatic carbocycles. The molecule has 2 heteroatoms. The van der Waals surface area contributed by atoms with E-state index in [-0.39, 0.29) is 0 Å². The van der Waals surface area contributed by atoms with E-state index in [9.17, 15) is 0 Å². The van der Waals surface area contributed by atoms with Crippen LogP contribution in [-0.4, -0.2) is 46.6 Å².